The van der Waals surface area contributed by atoms with Crippen molar-refractivity contribution in [2.45, 2.75) is 6.92 Å². The molecule has 4 rings (SSSR count). The molecule has 0 spiro atoms. The molecule has 0 unspecified atom stereocenters. The van der Waals surface area contributed by atoms with Crippen molar-refractivity contribution >= 4 is 23.3 Å². The van der Waals surface area contributed by atoms with Gasteiger partial charge in [-0.3, -0.25) is 4.79 Å². The highest BCUT2D eigenvalue weighted by Crippen LogP contribution is 2.28. The number of aryl methyl sites for hydroxylation is 1. The summed E-state index contributed by atoms with van der Waals surface area (Å²) in [6, 6.07) is 10.8. The molecule has 3 heterocycles. The summed E-state index contributed by atoms with van der Waals surface area (Å²) >= 11 is 5.94. The quantitative estimate of drug-likeness (QED) is 0.635. The number of pyridine rings is 1. The number of halogens is 1. The number of ether oxygens (including phenoxy) is 1. The van der Waals surface area contributed by atoms with Crippen LogP contribution in [0.3, 0.4) is 0 Å². The van der Waals surface area contributed by atoms with Crippen LogP contribution in [-0.4, -0.2) is 58.8 Å². The van der Waals surface area contributed by atoms with E-state index in [9.17, 15) is 4.79 Å². The van der Waals surface area contributed by atoms with Gasteiger partial charge in [0, 0.05) is 44.3 Å². The van der Waals surface area contributed by atoms with Crippen LogP contribution in [0.1, 0.15) is 5.89 Å². The SMILES string of the molecule is Cc1nnc(-c2cccnc2N2CCN(C(=O)COc3cccc(Cl)c3)CC2)o1. The number of hydrogen-bond donors (Lipinski definition) is 0. The van der Waals surface area contributed by atoms with Crippen molar-refractivity contribution in [2.75, 3.05) is 37.7 Å². The summed E-state index contributed by atoms with van der Waals surface area (Å²) in [5.74, 6) is 2.25. The fourth-order valence-electron chi connectivity index (χ4n) is 3.18. The van der Waals surface area contributed by atoms with E-state index in [1.807, 2.05) is 12.1 Å². The van der Waals surface area contributed by atoms with Crippen LogP contribution in [0.5, 0.6) is 5.75 Å². The van der Waals surface area contributed by atoms with E-state index >= 15 is 0 Å². The van der Waals surface area contributed by atoms with Crippen LogP contribution < -0.4 is 9.64 Å². The molecule has 0 N–H and O–H groups in total. The fraction of sp³-hybridized carbons (Fsp3) is 0.300. The molecule has 8 nitrogen and oxygen atoms in total. The van der Waals surface area contributed by atoms with E-state index in [1.165, 1.54) is 0 Å². The molecule has 1 amide bonds. The number of hydrogen-bond acceptors (Lipinski definition) is 7. The minimum atomic E-state index is -0.0570. The molecule has 29 heavy (non-hydrogen) atoms. The summed E-state index contributed by atoms with van der Waals surface area (Å²) < 4.78 is 11.1. The predicted octanol–water partition coefficient (Wildman–Crippen LogP) is 2.82. The first-order valence-electron chi connectivity index (χ1n) is 9.27. The lowest BCUT2D eigenvalue weighted by molar-refractivity contribution is -0.133. The standard InChI is InChI=1S/C20H20ClN5O3/c1-14-23-24-20(29-14)17-6-3-7-22-19(17)26-10-8-25(9-11-26)18(27)13-28-16-5-2-4-15(21)12-16/h2-7,12H,8-11,13H2,1H3. The summed E-state index contributed by atoms with van der Waals surface area (Å²) in [5.41, 5.74) is 0.789. The highest BCUT2D eigenvalue weighted by atomic mass is 35.5. The molecule has 2 aromatic heterocycles. The van der Waals surface area contributed by atoms with Gasteiger partial charge in [0.2, 0.25) is 5.89 Å². The number of nitrogens with zero attached hydrogens (tertiary/aromatic N) is 5. The molecule has 1 saturated heterocycles. The average molecular weight is 414 g/mol. The zero-order valence-electron chi connectivity index (χ0n) is 15.9. The molecule has 3 aromatic rings. The first kappa shape index (κ1) is 19.2. The Morgan fingerprint density at radius 2 is 2.00 bits per heavy atom. The van der Waals surface area contributed by atoms with Crippen LogP contribution in [0.25, 0.3) is 11.5 Å². The average Bonchev–Trinajstić information content (AvgIpc) is 3.18. The van der Waals surface area contributed by atoms with Gasteiger partial charge in [-0.25, -0.2) is 4.98 Å². The Morgan fingerprint density at radius 1 is 1.17 bits per heavy atom. The van der Waals surface area contributed by atoms with Gasteiger partial charge in [0.05, 0.1) is 5.56 Å². The Labute approximate surface area is 173 Å². The third-order valence-corrected chi connectivity index (χ3v) is 4.87. The van der Waals surface area contributed by atoms with E-state index in [0.717, 1.165) is 11.4 Å². The molecule has 1 aliphatic heterocycles. The lowest BCUT2D eigenvalue weighted by atomic mass is 10.2. The zero-order valence-corrected chi connectivity index (χ0v) is 16.7. The van der Waals surface area contributed by atoms with E-state index in [2.05, 4.69) is 20.1 Å². The molecule has 0 saturated carbocycles. The number of aromatic nitrogens is 3. The van der Waals surface area contributed by atoms with Crippen molar-refractivity contribution in [3.63, 3.8) is 0 Å². The minimum Gasteiger partial charge on any atom is -0.484 e. The normalized spacial score (nSPS) is 14.1. The number of rotatable bonds is 5. The molecule has 150 valence electrons. The van der Waals surface area contributed by atoms with Gasteiger partial charge in [-0.15, -0.1) is 10.2 Å². The number of benzene rings is 1. The lowest BCUT2D eigenvalue weighted by Gasteiger charge is -2.35. The maximum Gasteiger partial charge on any atom is 0.260 e. The molecule has 1 aromatic carbocycles. The smallest absolute Gasteiger partial charge is 0.260 e. The molecule has 0 radical (unpaired) electrons. The van der Waals surface area contributed by atoms with Gasteiger partial charge in [-0.2, -0.15) is 0 Å². The minimum absolute atomic E-state index is 0.0174. The summed E-state index contributed by atoms with van der Waals surface area (Å²) in [6.07, 6.45) is 1.73. The second-order valence-electron chi connectivity index (χ2n) is 6.61. The van der Waals surface area contributed by atoms with Gasteiger partial charge in [0.15, 0.2) is 6.61 Å². The molecule has 9 heteroatoms. The van der Waals surface area contributed by atoms with Gasteiger partial charge < -0.3 is 19.0 Å². The van der Waals surface area contributed by atoms with Crippen molar-refractivity contribution in [1.29, 1.82) is 0 Å². The topological polar surface area (TPSA) is 84.6 Å². The maximum atomic E-state index is 12.5. The van der Waals surface area contributed by atoms with Crippen LogP contribution in [0, 0.1) is 6.92 Å². The van der Waals surface area contributed by atoms with E-state index < -0.39 is 0 Å². The zero-order chi connectivity index (χ0) is 20.2. The van der Waals surface area contributed by atoms with Crippen molar-refractivity contribution in [1.82, 2.24) is 20.1 Å². The molecule has 0 atom stereocenters. The van der Waals surface area contributed by atoms with Gasteiger partial charge in [0.25, 0.3) is 11.8 Å². The summed E-state index contributed by atoms with van der Waals surface area (Å²) in [7, 11) is 0. The predicted molar refractivity (Wildman–Crippen MR) is 108 cm³/mol. The second-order valence-corrected chi connectivity index (χ2v) is 7.05. The van der Waals surface area contributed by atoms with Gasteiger partial charge in [0.1, 0.15) is 11.6 Å². The first-order chi connectivity index (χ1) is 14.1. The number of carbonyl (C=O) groups is 1. The summed E-state index contributed by atoms with van der Waals surface area (Å²) in [6.45, 7) is 4.20. The van der Waals surface area contributed by atoms with Crippen LogP contribution in [-0.2, 0) is 4.79 Å². The summed E-state index contributed by atoms with van der Waals surface area (Å²) in [5, 5.41) is 8.57. The van der Waals surface area contributed by atoms with Crippen molar-refractivity contribution in [3.05, 3.63) is 53.5 Å². The van der Waals surface area contributed by atoms with Crippen molar-refractivity contribution < 1.29 is 13.9 Å². The van der Waals surface area contributed by atoms with Crippen molar-refractivity contribution in [2.24, 2.45) is 0 Å². The molecule has 1 fully saturated rings. The Hall–Kier alpha value is -3.13. The number of amides is 1. The molecule has 0 bridgehead atoms. The number of piperazine rings is 1. The maximum absolute atomic E-state index is 12.5. The van der Waals surface area contributed by atoms with Crippen LogP contribution in [0.2, 0.25) is 5.02 Å². The Balaban J connectivity index is 1.37. The number of anilines is 1. The van der Waals surface area contributed by atoms with Crippen LogP contribution >= 0.6 is 11.6 Å². The number of carbonyl (C=O) groups excluding carboxylic acids is 1. The van der Waals surface area contributed by atoms with E-state index in [0.29, 0.717) is 48.7 Å². The largest absolute Gasteiger partial charge is 0.484 e. The lowest BCUT2D eigenvalue weighted by Crippen LogP contribution is -2.50. The van der Waals surface area contributed by atoms with Gasteiger partial charge in [-0.05, 0) is 30.3 Å². The Bertz CT molecular complexity index is 1000. The molecule has 1 aliphatic rings. The Kier molecular flexibility index (Phi) is 5.62. The fourth-order valence-corrected chi connectivity index (χ4v) is 3.36. The molecule has 0 aliphatic carbocycles. The third-order valence-electron chi connectivity index (χ3n) is 4.63. The molecular formula is C20H20ClN5O3. The first-order valence-corrected chi connectivity index (χ1v) is 9.64. The molecular weight excluding hydrogens is 394 g/mol. The second kappa shape index (κ2) is 8.48. The van der Waals surface area contributed by atoms with E-state index in [-0.39, 0.29) is 12.5 Å². The van der Waals surface area contributed by atoms with E-state index in [4.69, 9.17) is 20.8 Å². The Morgan fingerprint density at radius 3 is 2.72 bits per heavy atom. The van der Waals surface area contributed by atoms with Gasteiger partial charge in [-0.1, -0.05) is 17.7 Å². The van der Waals surface area contributed by atoms with E-state index in [1.54, 1.807) is 42.3 Å². The summed E-state index contributed by atoms with van der Waals surface area (Å²) in [4.78, 5) is 20.9. The highest BCUT2D eigenvalue weighted by molar-refractivity contribution is 6.30. The van der Waals surface area contributed by atoms with Crippen LogP contribution in [0.15, 0.2) is 47.0 Å². The van der Waals surface area contributed by atoms with Crippen molar-refractivity contribution in [3.8, 4) is 17.2 Å². The van der Waals surface area contributed by atoms with Gasteiger partial charge >= 0.3 is 0 Å². The highest BCUT2D eigenvalue weighted by Gasteiger charge is 2.25. The monoisotopic (exact) mass is 413 g/mol. The van der Waals surface area contributed by atoms with Crippen LogP contribution in [0.4, 0.5) is 5.82 Å². The third kappa shape index (κ3) is 4.48.